The van der Waals surface area contributed by atoms with E-state index in [1.807, 2.05) is 6.92 Å². The van der Waals surface area contributed by atoms with Crippen LogP contribution in [0.1, 0.15) is 31.5 Å². The van der Waals surface area contributed by atoms with Crippen molar-refractivity contribution in [1.29, 1.82) is 0 Å². The van der Waals surface area contributed by atoms with Crippen LogP contribution in [-0.4, -0.2) is 29.0 Å². The number of nitrogens with two attached hydrogens (primary N) is 1. The van der Waals surface area contributed by atoms with Crippen LogP contribution in [0.3, 0.4) is 0 Å². The highest BCUT2D eigenvalue weighted by molar-refractivity contribution is 5.02. The van der Waals surface area contributed by atoms with Gasteiger partial charge in [0, 0.05) is 37.4 Å². The van der Waals surface area contributed by atoms with E-state index in [0.29, 0.717) is 6.42 Å². The summed E-state index contributed by atoms with van der Waals surface area (Å²) in [7, 11) is 0. The maximum absolute atomic E-state index is 11.8. The Morgan fingerprint density at radius 3 is 2.94 bits per heavy atom. The lowest BCUT2D eigenvalue weighted by Gasteiger charge is -2.22. The van der Waals surface area contributed by atoms with Crippen LogP contribution in [-0.2, 0) is 11.2 Å². The Labute approximate surface area is 94.6 Å². The van der Waals surface area contributed by atoms with Gasteiger partial charge in [0.05, 0.1) is 6.04 Å². The van der Waals surface area contributed by atoms with Gasteiger partial charge in [-0.1, -0.05) is 0 Å². The second-order valence-corrected chi connectivity index (χ2v) is 4.51. The Hall–Kier alpha value is -1.07. The van der Waals surface area contributed by atoms with Crippen LogP contribution in [0.5, 0.6) is 0 Å². The zero-order valence-corrected chi connectivity index (χ0v) is 9.61. The lowest BCUT2D eigenvalue weighted by molar-refractivity contribution is 0.0652. The Kier molecular flexibility index (Phi) is 3.46. The molecule has 1 unspecified atom stereocenters. The van der Waals surface area contributed by atoms with Gasteiger partial charge in [-0.05, 0) is 19.8 Å². The molecule has 0 amide bonds. The molecule has 1 aliphatic heterocycles. The molecule has 1 fully saturated rings. The second-order valence-electron chi connectivity index (χ2n) is 4.51. The van der Waals surface area contributed by atoms with E-state index >= 15 is 0 Å². The Bertz CT molecular complexity index is 388. The first-order valence-electron chi connectivity index (χ1n) is 5.80. The van der Waals surface area contributed by atoms with Gasteiger partial charge in [-0.2, -0.15) is 0 Å². The summed E-state index contributed by atoms with van der Waals surface area (Å²) in [6.07, 6.45) is 2.52. The number of nitrogens with one attached hydrogen (secondary N) is 1. The molecule has 1 aliphatic rings. The number of nitrogens with zero attached hydrogens (tertiary/aromatic N) is 1. The summed E-state index contributed by atoms with van der Waals surface area (Å²) >= 11 is 0. The van der Waals surface area contributed by atoms with Crippen molar-refractivity contribution in [3.8, 4) is 0 Å². The topological polar surface area (TPSA) is 73.0 Å². The van der Waals surface area contributed by atoms with Gasteiger partial charge < -0.3 is 10.5 Å². The highest BCUT2D eigenvalue weighted by atomic mass is 16.5. The molecular weight excluding hydrogens is 206 g/mol. The van der Waals surface area contributed by atoms with Gasteiger partial charge in [0.1, 0.15) is 0 Å². The average molecular weight is 225 g/mol. The Morgan fingerprint density at radius 2 is 2.31 bits per heavy atom. The van der Waals surface area contributed by atoms with E-state index < -0.39 is 0 Å². The predicted molar refractivity (Wildman–Crippen MR) is 61.5 cm³/mol. The molecule has 1 saturated heterocycles. The number of hydrogen-bond donors (Lipinski definition) is 2. The van der Waals surface area contributed by atoms with E-state index in [0.717, 1.165) is 31.7 Å². The third-order valence-electron chi connectivity index (χ3n) is 2.90. The summed E-state index contributed by atoms with van der Waals surface area (Å²) in [6, 6.07) is 1.98. The van der Waals surface area contributed by atoms with Gasteiger partial charge in [-0.15, -0.1) is 0 Å². The minimum atomic E-state index is 0.0440. The van der Waals surface area contributed by atoms with Crippen LogP contribution in [0.25, 0.3) is 0 Å². The van der Waals surface area contributed by atoms with E-state index in [-0.39, 0.29) is 17.6 Å². The van der Waals surface area contributed by atoms with E-state index in [1.54, 1.807) is 10.7 Å². The van der Waals surface area contributed by atoms with Gasteiger partial charge in [0.2, 0.25) is 0 Å². The molecule has 0 aliphatic carbocycles. The minimum absolute atomic E-state index is 0.0440. The Balaban J connectivity index is 2.14. The van der Waals surface area contributed by atoms with Crippen LogP contribution in [0.15, 0.2) is 10.9 Å². The van der Waals surface area contributed by atoms with E-state index in [9.17, 15) is 4.79 Å². The molecule has 1 aromatic heterocycles. The molecule has 16 heavy (non-hydrogen) atoms. The SMILES string of the molecule is CC(N)Cc1cc(=O)n(C2CCOCC2)[nH]1. The number of H-pyrrole nitrogens is 1. The summed E-state index contributed by atoms with van der Waals surface area (Å²) < 4.78 is 7.01. The molecule has 5 nitrogen and oxygen atoms in total. The third-order valence-corrected chi connectivity index (χ3v) is 2.90. The molecule has 90 valence electrons. The van der Waals surface area contributed by atoms with Crippen molar-refractivity contribution in [1.82, 2.24) is 9.78 Å². The van der Waals surface area contributed by atoms with Crippen molar-refractivity contribution in [2.45, 2.75) is 38.3 Å². The first-order valence-corrected chi connectivity index (χ1v) is 5.80. The predicted octanol–water partition coefficient (Wildman–Crippen LogP) is 0.418. The molecule has 1 atom stereocenters. The van der Waals surface area contributed by atoms with Crippen LogP contribution < -0.4 is 11.3 Å². The molecule has 0 radical (unpaired) electrons. The minimum Gasteiger partial charge on any atom is -0.381 e. The summed E-state index contributed by atoms with van der Waals surface area (Å²) in [6.45, 7) is 3.40. The number of aromatic amines is 1. The summed E-state index contributed by atoms with van der Waals surface area (Å²) in [5.74, 6) is 0. The zero-order valence-electron chi connectivity index (χ0n) is 9.61. The zero-order chi connectivity index (χ0) is 11.5. The normalized spacial score (nSPS) is 19.9. The van der Waals surface area contributed by atoms with Crippen LogP contribution in [0.2, 0.25) is 0 Å². The van der Waals surface area contributed by atoms with Crippen molar-refractivity contribution >= 4 is 0 Å². The van der Waals surface area contributed by atoms with Crippen molar-refractivity contribution in [2.75, 3.05) is 13.2 Å². The molecule has 5 heteroatoms. The molecule has 0 bridgehead atoms. The monoisotopic (exact) mass is 225 g/mol. The molecule has 1 aromatic rings. The maximum atomic E-state index is 11.8. The lowest BCUT2D eigenvalue weighted by Crippen LogP contribution is -2.27. The Morgan fingerprint density at radius 1 is 1.62 bits per heavy atom. The molecule has 2 rings (SSSR count). The third kappa shape index (κ3) is 2.54. The number of ether oxygens (including phenoxy) is 1. The van der Waals surface area contributed by atoms with Gasteiger partial charge in [-0.25, -0.2) is 4.68 Å². The van der Waals surface area contributed by atoms with Crippen molar-refractivity contribution < 1.29 is 4.74 Å². The lowest BCUT2D eigenvalue weighted by atomic mass is 10.1. The van der Waals surface area contributed by atoms with E-state index in [2.05, 4.69) is 5.10 Å². The smallest absolute Gasteiger partial charge is 0.266 e. The summed E-state index contributed by atoms with van der Waals surface area (Å²) in [5.41, 5.74) is 6.68. The van der Waals surface area contributed by atoms with E-state index in [1.165, 1.54) is 0 Å². The molecule has 0 saturated carbocycles. The molecule has 0 spiro atoms. The molecular formula is C11H19N3O2. The van der Waals surface area contributed by atoms with E-state index in [4.69, 9.17) is 10.5 Å². The summed E-state index contributed by atoms with van der Waals surface area (Å²) in [5, 5.41) is 3.15. The van der Waals surface area contributed by atoms with Crippen molar-refractivity contribution in [3.05, 3.63) is 22.1 Å². The number of hydrogen-bond acceptors (Lipinski definition) is 3. The molecule has 0 aromatic carbocycles. The maximum Gasteiger partial charge on any atom is 0.266 e. The molecule has 2 heterocycles. The largest absolute Gasteiger partial charge is 0.381 e. The fourth-order valence-corrected chi connectivity index (χ4v) is 2.13. The first kappa shape index (κ1) is 11.4. The fraction of sp³-hybridized carbons (Fsp3) is 0.727. The van der Waals surface area contributed by atoms with Crippen LogP contribution in [0.4, 0.5) is 0 Å². The number of rotatable bonds is 3. The first-order chi connectivity index (χ1) is 7.66. The van der Waals surface area contributed by atoms with Crippen molar-refractivity contribution in [3.63, 3.8) is 0 Å². The van der Waals surface area contributed by atoms with Crippen LogP contribution >= 0.6 is 0 Å². The highest BCUT2D eigenvalue weighted by Crippen LogP contribution is 2.18. The molecule has 3 N–H and O–H groups in total. The van der Waals surface area contributed by atoms with Crippen molar-refractivity contribution in [2.24, 2.45) is 5.73 Å². The second kappa shape index (κ2) is 4.84. The van der Waals surface area contributed by atoms with Gasteiger partial charge in [0.25, 0.3) is 5.56 Å². The van der Waals surface area contributed by atoms with Crippen LogP contribution in [0, 0.1) is 0 Å². The standard InChI is InChI=1S/C11H19N3O2/c1-8(12)6-9-7-11(15)14(13-9)10-2-4-16-5-3-10/h7-8,10,13H,2-6,12H2,1H3. The van der Waals surface area contributed by atoms with Gasteiger partial charge in [0.15, 0.2) is 0 Å². The highest BCUT2D eigenvalue weighted by Gasteiger charge is 2.18. The van der Waals surface area contributed by atoms with Gasteiger partial charge in [-0.3, -0.25) is 9.89 Å². The summed E-state index contributed by atoms with van der Waals surface area (Å²) in [4.78, 5) is 11.8. The average Bonchev–Trinajstić information content (AvgIpc) is 2.60. The number of aromatic nitrogens is 2. The van der Waals surface area contributed by atoms with Gasteiger partial charge >= 0.3 is 0 Å². The quantitative estimate of drug-likeness (QED) is 0.783. The fourth-order valence-electron chi connectivity index (χ4n) is 2.13.